The van der Waals surface area contributed by atoms with Crippen molar-refractivity contribution in [1.29, 1.82) is 0 Å². The highest BCUT2D eigenvalue weighted by Crippen LogP contribution is 2.29. The highest BCUT2D eigenvalue weighted by molar-refractivity contribution is 8.76. The Morgan fingerprint density at radius 1 is 0.627 bits per heavy atom. The zero-order valence-corrected chi connectivity index (χ0v) is 47.8. The number of carboxylic acid groups (broad SMARTS) is 1. The van der Waals surface area contributed by atoms with Gasteiger partial charge in [0.15, 0.2) is 0 Å². The summed E-state index contributed by atoms with van der Waals surface area (Å²) in [5.41, 5.74) is 15.3. The van der Waals surface area contributed by atoms with Crippen LogP contribution in [0.1, 0.15) is 68.2 Å². The molecule has 4 aromatic carbocycles. The monoisotopic (exact) mass is 1180 g/mol. The van der Waals surface area contributed by atoms with E-state index in [0.717, 1.165) is 32.5 Å². The summed E-state index contributed by atoms with van der Waals surface area (Å²) in [5, 5.41) is 53.2. The number of aliphatic hydroxyl groups is 1. The first-order chi connectivity index (χ1) is 39.7. The molecule has 2 heterocycles. The van der Waals surface area contributed by atoms with Gasteiger partial charge < -0.3 is 74.3 Å². The molecule has 1 aromatic heterocycles. The Bertz CT molecular complexity index is 3030. The number of amides is 8. The number of carbonyl (C=O) groups excluding carboxylic acids is 8. The summed E-state index contributed by atoms with van der Waals surface area (Å²) < 4.78 is 0. The fourth-order valence-corrected chi connectivity index (χ4v) is 11.5. The fraction of sp³-hybridized carbons (Fsp3) is 0.397. The van der Waals surface area contributed by atoms with Crippen LogP contribution in [-0.4, -0.2) is 152 Å². The molecule has 11 atom stereocenters. The molecule has 0 radical (unpaired) electrons. The van der Waals surface area contributed by atoms with Crippen molar-refractivity contribution in [1.82, 2.24) is 47.5 Å². The van der Waals surface area contributed by atoms with Crippen LogP contribution in [0.3, 0.4) is 0 Å². The van der Waals surface area contributed by atoms with Crippen LogP contribution in [-0.2, 0) is 62.4 Å². The molecule has 0 spiro atoms. The topological polar surface area (TPSA) is 378 Å². The van der Waals surface area contributed by atoms with E-state index < -0.39 is 120 Å². The van der Waals surface area contributed by atoms with Crippen LogP contribution < -0.4 is 54.0 Å². The molecule has 83 heavy (non-hydrogen) atoms. The molecule has 6 rings (SSSR count). The average Bonchev–Trinajstić information content (AvgIpc) is 4.04. The van der Waals surface area contributed by atoms with E-state index in [1.807, 2.05) is 18.2 Å². The number of benzene rings is 4. The number of phenolic OH excluding ortho intramolecular Hbond substituents is 1. The Morgan fingerprint density at radius 3 is 1.78 bits per heavy atom. The van der Waals surface area contributed by atoms with Gasteiger partial charge in [-0.15, -0.1) is 0 Å². The van der Waals surface area contributed by atoms with Crippen LogP contribution in [0.25, 0.3) is 10.9 Å². The summed E-state index contributed by atoms with van der Waals surface area (Å²) in [4.78, 5) is 131. The second-order valence-electron chi connectivity index (χ2n) is 20.4. The number of aliphatic hydroxyl groups excluding tert-OH is 1. The van der Waals surface area contributed by atoms with Crippen molar-refractivity contribution < 1.29 is 58.5 Å². The van der Waals surface area contributed by atoms with Crippen LogP contribution in [0, 0.1) is 0 Å². The van der Waals surface area contributed by atoms with Gasteiger partial charge >= 0.3 is 5.97 Å². The van der Waals surface area contributed by atoms with Crippen molar-refractivity contribution in [3.63, 3.8) is 0 Å². The summed E-state index contributed by atoms with van der Waals surface area (Å²) in [6, 6.07) is 17.4. The lowest BCUT2D eigenvalue weighted by molar-refractivity contribution is -0.141. The number of rotatable bonds is 16. The van der Waals surface area contributed by atoms with Gasteiger partial charge in [-0.05, 0) is 86.5 Å². The minimum atomic E-state index is -1.73. The van der Waals surface area contributed by atoms with Gasteiger partial charge in [-0.2, -0.15) is 0 Å². The van der Waals surface area contributed by atoms with E-state index in [-0.39, 0.29) is 49.5 Å². The van der Waals surface area contributed by atoms with E-state index in [1.165, 1.54) is 26.0 Å². The van der Waals surface area contributed by atoms with Gasteiger partial charge in [-0.3, -0.25) is 38.4 Å². The highest BCUT2D eigenvalue weighted by Gasteiger charge is 2.38. The van der Waals surface area contributed by atoms with Crippen LogP contribution in [0.2, 0.25) is 0 Å². The smallest absolute Gasteiger partial charge is 0.327 e. The van der Waals surface area contributed by atoms with Crippen molar-refractivity contribution in [3.8, 4) is 5.75 Å². The fourth-order valence-electron chi connectivity index (χ4n) is 9.18. The van der Waals surface area contributed by atoms with E-state index in [1.54, 1.807) is 92.0 Å². The maximum absolute atomic E-state index is 14.9. The summed E-state index contributed by atoms with van der Waals surface area (Å²) in [5.74, 6) is -9.82. The third-order valence-electron chi connectivity index (χ3n) is 13.9. The number of H-pyrrole nitrogens is 1. The Morgan fingerprint density at radius 2 is 1.17 bits per heavy atom. The molecule has 0 unspecified atom stereocenters. The number of phenols is 1. The molecular formula is C58H73N11O12S2. The minimum absolute atomic E-state index is 0.000184. The predicted molar refractivity (Wildman–Crippen MR) is 315 cm³/mol. The molecule has 16 N–H and O–H groups in total. The van der Waals surface area contributed by atoms with Gasteiger partial charge in [-0.1, -0.05) is 120 Å². The number of carbonyl (C=O) groups is 9. The number of hydrogen-bond donors (Lipinski definition) is 14. The number of aromatic amines is 1. The second-order valence-corrected chi connectivity index (χ2v) is 22.9. The van der Waals surface area contributed by atoms with Crippen molar-refractivity contribution in [2.75, 3.05) is 18.1 Å². The zero-order chi connectivity index (χ0) is 60.2. The van der Waals surface area contributed by atoms with Gasteiger partial charge in [0.05, 0.1) is 12.1 Å². The molecule has 0 aliphatic carbocycles. The number of nitrogens with one attached hydrogen (secondary N) is 9. The lowest BCUT2D eigenvalue weighted by atomic mass is 9.91. The SMILES string of the molecule is C[C@@H]1NC(=O)[C@H](Cc2ccccc2)NC(=O)[C@@H](NC(=O)[C@@H](N)Cc2ccc(O)cc2)CSSC[C@@H](C(=O)O)NC(=O)[C@H](Cc2ccccc2)NC(=O)[C@H]([C@@H](C)O)NC(=O)[C@H](CCCCN)NC(=O)[C@@H]([C@H](C)c2c[nH]c3ccccc23)NC1=O. The molecular weight excluding hydrogens is 1110 g/mol. The largest absolute Gasteiger partial charge is 0.508 e. The summed E-state index contributed by atoms with van der Waals surface area (Å²) in [6.45, 7) is 4.54. The standard InChI is InChI=1S/C58H73N11O12S2/c1-32(40-29-61-42-19-11-10-18-39(40)42)48-56(78)63-43(20-12-13-25-59)52(74)69-49(34(3)70)57(79)65-45(28-36-16-8-5-9-17-36)54(76)67-47(58(80)81)31-83-82-30-46(66-51(73)41(60)26-37-21-23-38(71)24-22-37)55(77)64-44(27-35-14-6-4-7-15-35)53(75)62-33(2)50(72)68-48/h4-11,14-19,21-24,29,32-34,41,43-49,61,70-71H,12-13,20,25-28,30-31,59-60H2,1-3H3,(H,62,75)(H,63,78)(H,64,77)(H,65,79)(H,66,73)(H,67,76)(H,68,72)(H,69,74)(H,80,81)/t32-,33+,34-,41+,43+,44+,45+,46+,47+,48-,49+/m1/s1. The molecule has 25 heteroatoms. The maximum atomic E-state index is 14.9. The van der Waals surface area contributed by atoms with Crippen molar-refractivity contribution in [2.24, 2.45) is 11.5 Å². The zero-order valence-electron chi connectivity index (χ0n) is 46.2. The molecule has 23 nitrogen and oxygen atoms in total. The molecule has 8 amide bonds. The van der Waals surface area contributed by atoms with Crippen LogP contribution in [0.15, 0.2) is 115 Å². The number of para-hydroxylation sites is 1. The number of carboxylic acids is 1. The van der Waals surface area contributed by atoms with E-state index in [9.17, 15) is 58.5 Å². The van der Waals surface area contributed by atoms with Gasteiger partial charge in [0.1, 0.15) is 54.1 Å². The molecule has 0 bridgehead atoms. The number of aromatic nitrogens is 1. The number of unbranched alkanes of at least 4 members (excludes halogenated alkanes) is 1. The number of aliphatic carboxylic acids is 1. The van der Waals surface area contributed by atoms with Gasteiger partial charge in [0.2, 0.25) is 47.3 Å². The average molecular weight is 1180 g/mol. The van der Waals surface area contributed by atoms with Crippen LogP contribution in [0.4, 0.5) is 0 Å². The molecule has 1 saturated heterocycles. The number of nitrogens with two attached hydrogens (primary N) is 2. The molecule has 5 aromatic rings. The molecule has 1 aliphatic heterocycles. The number of fused-ring (bicyclic) bond motifs is 1. The lowest BCUT2D eigenvalue weighted by Crippen LogP contribution is -2.62. The van der Waals surface area contributed by atoms with Crippen molar-refractivity contribution in [2.45, 2.75) is 126 Å². The Labute approximate surface area is 488 Å². The van der Waals surface area contributed by atoms with Gasteiger partial charge in [-0.25, -0.2) is 4.79 Å². The maximum Gasteiger partial charge on any atom is 0.327 e. The van der Waals surface area contributed by atoms with Crippen molar-refractivity contribution in [3.05, 3.63) is 138 Å². The lowest BCUT2D eigenvalue weighted by Gasteiger charge is -2.30. The number of hydrogen-bond acceptors (Lipinski definition) is 15. The van der Waals surface area contributed by atoms with E-state index >= 15 is 0 Å². The Kier molecular flexibility index (Phi) is 24.3. The molecule has 444 valence electrons. The summed E-state index contributed by atoms with van der Waals surface area (Å²) >= 11 is 0. The van der Waals surface area contributed by atoms with E-state index in [0.29, 0.717) is 35.1 Å². The predicted octanol–water partition coefficient (Wildman–Crippen LogP) is 0.920. The third-order valence-corrected chi connectivity index (χ3v) is 16.4. The first-order valence-electron chi connectivity index (χ1n) is 27.2. The van der Waals surface area contributed by atoms with E-state index in [2.05, 4.69) is 47.5 Å². The Balaban J connectivity index is 1.39. The number of aromatic hydroxyl groups is 1. The summed E-state index contributed by atoms with van der Waals surface area (Å²) in [7, 11) is 1.88. The molecule has 0 saturated carbocycles. The minimum Gasteiger partial charge on any atom is -0.508 e. The third kappa shape index (κ3) is 19.0. The molecule has 1 aliphatic rings. The van der Waals surface area contributed by atoms with Crippen LogP contribution >= 0.6 is 21.6 Å². The van der Waals surface area contributed by atoms with Crippen LogP contribution in [0.5, 0.6) is 5.75 Å². The summed E-state index contributed by atoms with van der Waals surface area (Å²) in [6.07, 6.45) is 0.540. The first-order valence-corrected chi connectivity index (χ1v) is 29.7. The molecule has 1 fully saturated rings. The second kappa shape index (κ2) is 31.5. The van der Waals surface area contributed by atoms with E-state index in [4.69, 9.17) is 11.5 Å². The Hall–Kier alpha value is -7.97. The normalized spacial score (nSPS) is 23.4. The van der Waals surface area contributed by atoms with Crippen molar-refractivity contribution >= 4 is 85.7 Å². The van der Waals surface area contributed by atoms with Gasteiger partial charge in [0, 0.05) is 47.4 Å². The highest BCUT2D eigenvalue weighted by atomic mass is 33.1. The quantitative estimate of drug-likeness (QED) is 0.0483. The first kappa shape index (κ1) is 64.2. The van der Waals surface area contributed by atoms with Gasteiger partial charge in [0.25, 0.3) is 0 Å².